The summed E-state index contributed by atoms with van der Waals surface area (Å²) in [5.41, 5.74) is 0.631. The molecule has 1 aromatic heterocycles. The van der Waals surface area contributed by atoms with Gasteiger partial charge in [-0.2, -0.15) is 5.10 Å². The summed E-state index contributed by atoms with van der Waals surface area (Å²) in [5.74, 6) is -0.481. The van der Waals surface area contributed by atoms with Crippen molar-refractivity contribution in [3.05, 3.63) is 11.8 Å². The van der Waals surface area contributed by atoms with Crippen LogP contribution in [-0.2, 0) is 18.4 Å². The van der Waals surface area contributed by atoms with Crippen LogP contribution in [0.3, 0.4) is 0 Å². The van der Waals surface area contributed by atoms with Gasteiger partial charge in [-0.15, -0.1) is 0 Å². The van der Waals surface area contributed by atoms with Crippen LogP contribution in [-0.4, -0.2) is 52.5 Å². The fourth-order valence-corrected chi connectivity index (χ4v) is 1.36. The molecule has 8 nitrogen and oxygen atoms in total. The van der Waals surface area contributed by atoms with Crippen molar-refractivity contribution in [2.45, 2.75) is 6.54 Å². The first-order valence-corrected chi connectivity index (χ1v) is 5.21. The third-order valence-electron chi connectivity index (χ3n) is 2.24. The first-order chi connectivity index (χ1) is 8.43. The normalized spacial score (nSPS) is 9.94. The van der Waals surface area contributed by atoms with Crippen molar-refractivity contribution in [3.8, 4) is 5.88 Å². The number of urea groups is 1. The van der Waals surface area contributed by atoms with Crippen molar-refractivity contribution in [1.82, 2.24) is 20.0 Å². The fourth-order valence-electron chi connectivity index (χ4n) is 1.36. The first-order valence-electron chi connectivity index (χ1n) is 5.21. The molecule has 18 heavy (non-hydrogen) atoms. The van der Waals surface area contributed by atoms with Gasteiger partial charge < -0.3 is 20.1 Å². The summed E-state index contributed by atoms with van der Waals surface area (Å²) in [5, 5.41) is 15.2. The number of amides is 2. The molecule has 0 aliphatic carbocycles. The van der Waals surface area contributed by atoms with Crippen LogP contribution >= 0.6 is 0 Å². The molecule has 1 heterocycles. The van der Waals surface area contributed by atoms with E-state index in [0.29, 0.717) is 11.6 Å². The molecule has 0 radical (unpaired) electrons. The van der Waals surface area contributed by atoms with Crippen molar-refractivity contribution < 1.29 is 19.4 Å². The average Bonchev–Trinajstić information content (AvgIpc) is 2.65. The molecular formula is C10H16N4O4. The van der Waals surface area contributed by atoms with Crippen LogP contribution < -0.4 is 10.1 Å². The van der Waals surface area contributed by atoms with E-state index in [-0.39, 0.29) is 13.1 Å². The van der Waals surface area contributed by atoms with Gasteiger partial charge in [-0.3, -0.25) is 4.79 Å². The monoisotopic (exact) mass is 256 g/mol. The van der Waals surface area contributed by atoms with E-state index in [9.17, 15) is 9.59 Å². The molecule has 0 unspecified atom stereocenters. The number of likely N-dealkylation sites (N-methyl/N-ethyl adjacent to an activating group) is 1. The zero-order chi connectivity index (χ0) is 13.7. The van der Waals surface area contributed by atoms with Crippen LogP contribution in [0, 0.1) is 0 Å². The zero-order valence-electron chi connectivity index (χ0n) is 10.5. The van der Waals surface area contributed by atoms with Crippen LogP contribution in [0.15, 0.2) is 6.07 Å². The van der Waals surface area contributed by atoms with Gasteiger partial charge in [0, 0.05) is 20.2 Å². The molecule has 0 saturated heterocycles. The van der Waals surface area contributed by atoms with E-state index < -0.39 is 12.0 Å². The third kappa shape index (κ3) is 3.65. The number of carbonyl (C=O) groups excluding carboxylic acids is 1. The molecule has 1 rings (SSSR count). The molecule has 0 spiro atoms. The van der Waals surface area contributed by atoms with Crippen molar-refractivity contribution in [2.75, 3.05) is 20.7 Å². The minimum absolute atomic E-state index is 0.208. The lowest BCUT2D eigenvalue weighted by atomic mass is 10.4. The smallest absolute Gasteiger partial charge is 0.323 e. The summed E-state index contributed by atoms with van der Waals surface area (Å²) in [6.07, 6.45) is 0. The number of aliphatic carboxylic acids is 1. The molecule has 8 heteroatoms. The van der Waals surface area contributed by atoms with Crippen LogP contribution in [0.25, 0.3) is 0 Å². The van der Waals surface area contributed by atoms with Crippen LogP contribution in [0.2, 0.25) is 0 Å². The second-order valence-corrected chi connectivity index (χ2v) is 3.71. The highest BCUT2D eigenvalue weighted by atomic mass is 16.5. The summed E-state index contributed by atoms with van der Waals surface area (Å²) in [7, 11) is 4.66. The van der Waals surface area contributed by atoms with E-state index in [2.05, 4.69) is 10.4 Å². The lowest BCUT2D eigenvalue weighted by Crippen LogP contribution is -2.39. The Labute approximate surface area is 104 Å². The molecule has 2 N–H and O–H groups in total. The Morgan fingerprint density at radius 1 is 1.61 bits per heavy atom. The highest BCUT2D eigenvalue weighted by Gasteiger charge is 2.12. The highest BCUT2D eigenvalue weighted by molar-refractivity contribution is 5.79. The standard InChI is InChI=1S/C10H16N4O4/c1-13(6-9(15)16)10(17)11-5-7-4-8(18-3)14(2)12-7/h4H,5-6H2,1-3H3,(H,11,17)(H,15,16). The number of aromatic nitrogens is 2. The lowest BCUT2D eigenvalue weighted by molar-refractivity contribution is -0.137. The number of hydrogen-bond acceptors (Lipinski definition) is 4. The van der Waals surface area contributed by atoms with Crippen LogP contribution in [0.5, 0.6) is 5.88 Å². The Morgan fingerprint density at radius 2 is 2.28 bits per heavy atom. The molecular weight excluding hydrogens is 240 g/mol. The molecule has 2 amide bonds. The fraction of sp³-hybridized carbons (Fsp3) is 0.500. The number of methoxy groups -OCH3 is 1. The maximum atomic E-state index is 11.5. The number of carboxylic acids is 1. The Hall–Kier alpha value is -2.25. The first kappa shape index (κ1) is 13.8. The molecule has 1 aromatic rings. The van der Waals surface area contributed by atoms with E-state index in [1.165, 1.54) is 14.2 Å². The largest absolute Gasteiger partial charge is 0.481 e. The SMILES string of the molecule is COc1cc(CNC(=O)N(C)CC(=O)O)nn1C. The number of carboxylic acid groups (broad SMARTS) is 1. The Kier molecular flexibility index (Phi) is 4.52. The number of hydrogen-bond donors (Lipinski definition) is 2. The minimum Gasteiger partial charge on any atom is -0.481 e. The van der Waals surface area contributed by atoms with E-state index in [1.54, 1.807) is 17.8 Å². The van der Waals surface area contributed by atoms with Gasteiger partial charge in [0.2, 0.25) is 5.88 Å². The maximum Gasteiger partial charge on any atom is 0.323 e. The number of rotatable bonds is 5. The van der Waals surface area contributed by atoms with E-state index >= 15 is 0 Å². The predicted molar refractivity (Wildman–Crippen MR) is 62.3 cm³/mol. The van der Waals surface area contributed by atoms with Crippen molar-refractivity contribution in [1.29, 1.82) is 0 Å². The maximum absolute atomic E-state index is 11.5. The number of aryl methyl sites for hydroxylation is 1. The molecule has 0 atom stereocenters. The third-order valence-corrected chi connectivity index (χ3v) is 2.24. The Balaban J connectivity index is 2.49. The molecule has 0 saturated carbocycles. The number of ether oxygens (including phenoxy) is 1. The molecule has 100 valence electrons. The molecule has 0 aliphatic heterocycles. The van der Waals surface area contributed by atoms with Gasteiger partial charge in [0.15, 0.2) is 0 Å². The summed E-state index contributed by atoms with van der Waals surface area (Å²) in [6, 6.07) is 1.22. The lowest BCUT2D eigenvalue weighted by Gasteiger charge is -2.14. The van der Waals surface area contributed by atoms with Gasteiger partial charge in [-0.25, -0.2) is 9.48 Å². The number of carbonyl (C=O) groups is 2. The molecule has 0 bridgehead atoms. The van der Waals surface area contributed by atoms with E-state index in [1.807, 2.05) is 0 Å². The van der Waals surface area contributed by atoms with Crippen LogP contribution in [0.4, 0.5) is 4.79 Å². The number of nitrogens with one attached hydrogen (secondary N) is 1. The van der Waals surface area contributed by atoms with Gasteiger partial charge in [-0.1, -0.05) is 0 Å². The predicted octanol–water partition coefficient (Wildman–Crippen LogP) is -0.345. The summed E-state index contributed by atoms with van der Waals surface area (Å²) in [4.78, 5) is 23.0. The van der Waals surface area contributed by atoms with Crippen molar-refractivity contribution >= 4 is 12.0 Å². The topological polar surface area (TPSA) is 96.7 Å². The highest BCUT2D eigenvalue weighted by Crippen LogP contribution is 2.10. The summed E-state index contributed by atoms with van der Waals surface area (Å²) >= 11 is 0. The van der Waals surface area contributed by atoms with Crippen molar-refractivity contribution in [2.24, 2.45) is 7.05 Å². The van der Waals surface area contributed by atoms with Gasteiger partial charge in [0.25, 0.3) is 0 Å². The van der Waals surface area contributed by atoms with Gasteiger partial charge in [0.05, 0.1) is 19.3 Å². The summed E-state index contributed by atoms with van der Waals surface area (Å²) in [6.45, 7) is -0.142. The van der Waals surface area contributed by atoms with Gasteiger partial charge in [0.1, 0.15) is 6.54 Å². The van der Waals surface area contributed by atoms with Crippen LogP contribution in [0.1, 0.15) is 5.69 Å². The van der Waals surface area contributed by atoms with E-state index in [4.69, 9.17) is 9.84 Å². The second-order valence-electron chi connectivity index (χ2n) is 3.71. The van der Waals surface area contributed by atoms with Crippen molar-refractivity contribution in [3.63, 3.8) is 0 Å². The average molecular weight is 256 g/mol. The van der Waals surface area contributed by atoms with Gasteiger partial charge >= 0.3 is 12.0 Å². The Bertz CT molecular complexity index is 443. The molecule has 0 aromatic carbocycles. The molecule has 0 aliphatic rings. The number of nitrogens with zero attached hydrogens (tertiary/aromatic N) is 3. The molecule has 0 fully saturated rings. The van der Waals surface area contributed by atoms with E-state index in [0.717, 1.165) is 4.90 Å². The van der Waals surface area contributed by atoms with Gasteiger partial charge in [-0.05, 0) is 0 Å². The summed E-state index contributed by atoms with van der Waals surface area (Å²) < 4.78 is 6.58. The second kappa shape index (κ2) is 5.89. The zero-order valence-corrected chi connectivity index (χ0v) is 10.5. The quantitative estimate of drug-likeness (QED) is 0.751. The minimum atomic E-state index is -1.06. The Morgan fingerprint density at radius 3 is 2.78 bits per heavy atom.